The Kier molecular flexibility index (Phi) is 4.83. The lowest BCUT2D eigenvalue weighted by atomic mass is 9.99. The molecule has 0 saturated carbocycles. The summed E-state index contributed by atoms with van der Waals surface area (Å²) in [7, 11) is 0. The topological polar surface area (TPSA) is 49.4 Å². The minimum atomic E-state index is 0.0128. The highest BCUT2D eigenvalue weighted by Gasteiger charge is 2.38. The van der Waals surface area contributed by atoms with E-state index in [9.17, 15) is 9.59 Å². The van der Waals surface area contributed by atoms with Crippen molar-refractivity contribution in [3.63, 3.8) is 0 Å². The summed E-state index contributed by atoms with van der Waals surface area (Å²) in [4.78, 5) is 28.5. The number of Topliss-reactive ketones (excluding diaryl/α,β-unsaturated/α-hetero) is 1. The number of fused-ring (bicyclic) bond motifs is 2. The van der Waals surface area contributed by atoms with Crippen LogP contribution < -0.4 is 5.32 Å². The summed E-state index contributed by atoms with van der Waals surface area (Å²) >= 11 is 1.59. The number of carbonyl (C=O) groups excluding carboxylic acids is 2. The Balaban J connectivity index is 1.39. The quantitative estimate of drug-likeness (QED) is 0.823. The second-order valence-electron chi connectivity index (χ2n) is 7.10. The number of nitrogens with one attached hydrogen (secondary N) is 1. The molecule has 3 atom stereocenters. The minimum Gasteiger partial charge on any atom is -0.348 e. The number of hydrogen-bond acceptors (Lipinski definition) is 4. The van der Waals surface area contributed by atoms with Crippen molar-refractivity contribution in [1.82, 2.24) is 10.2 Å². The maximum Gasteiger partial charge on any atom is 0.251 e. The number of amides is 1. The Bertz CT molecular complexity index is 834. The Hall–Kier alpha value is -2.11. The third kappa shape index (κ3) is 3.69. The van der Waals surface area contributed by atoms with Gasteiger partial charge >= 0.3 is 0 Å². The van der Waals surface area contributed by atoms with Crippen molar-refractivity contribution >= 4 is 23.5 Å². The normalized spacial score (nSPS) is 23.8. The van der Waals surface area contributed by atoms with Gasteiger partial charge in [-0.3, -0.25) is 9.59 Å². The first-order chi connectivity index (χ1) is 12.6. The number of piperidine rings is 1. The van der Waals surface area contributed by atoms with E-state index in [1.807, 2.05) is 48.5 Å². The van der Waals surface area contributed by atoms with Crippen LogP contribution in [-0.4, -0.2) is 42.3 Å². The fourth-order valence-corrected chi connectivity index (χ4v) is 4.67. The van der Waals surface area contributed by atoms with Gasteiger partial charge in [0.1, 0.15) is 0 Å². The third-order valence-electron chi connectivity index (χ3n) is 5.24. The molecule has 2 bridgehead atoms. The number of hydrogen-bond donors (Lipinski definition) is 1. The molecule has 0 aromatic heterocycles. The van der Waals surface area contributed by atoms with Crippen molar-refractivity contribution in [3.8, 4) is 0 Å². The zero-order valence-corrected chi connectivity index (χ0v) is 15.6. The standard InChI is InChI=1S/C21H22N2O2S/c1-14(24)16-3-2-4-19(11-16)26-18-7-5-15(6-8-18)21(25)22-20-13-23-10-9-17(20)12-23/h2-8,11,17,20H,9-10,12-13H2,1H3,(H,22,25)/t17-,20?/m0/s1. The van der Waals surface area contributed by atoms with E-state index >= 15 is 0 Å². The van der Waals surface area contributed by atoms with Gasteiger partial charge in [0.25, 0.3) is 5.91 Å². The molecule has 2 aromatic rings. The number of rotatable bonds is 5. The first-order valence-electron chi connectivity index (χ1n) is 9.00. The Morgan fingerprint density at radius 1 is 1.04 bits per heavy atom. The summed E-state index contributed by atoms with van der Waals surface area (Å²) in [6.07, 6.45) is 1.19. The van der Waals surface area contributed by atoms with Crippen molar-refractivity contribution in [2.75, 3.05) is 19.6 Å². The van der Waals surface area contributed by atoms with Gasteiger partial charge in [-0.05, 0) is 62.2 Å². The van der Waals surface area contributed by atoms with Crippen LogP contribution in [0.15, 0.2) is 58.3 Å². The molecule has 2 aromatic carbocycles. The Morgan fingerprint density at radius 3 is 2.50 bits per heavy atom. The average molecular weight is 366 g/mol. The van der Waals surface area contributed by atoms with E-state index in [-0.39, 0.29) is 11.7 Å². The van der Waals surface area contributed by atoms with Crippen molar-refractivity contribution < 1.29 is 9.59 Å². The zero-order valence-electron chi connectivity index (χ0n) is 14.8. The smallest absolute Gasteiger partial charge is 0.251 e. The maximum atomic E-state index is 12.5. The number of nitrogens with zero attached hydrogens (tertiary/aromatic N) is 1. The minimum absolute atomic E-state index is 0.0128. The van der Waals surface area contributed by atoms with Crippen LogP contribution in [0.1, 0.15) is 34.1 Å². The first-order valence-corrected chi connectivity index (χ1v) is 9.82. The molecule has 2 aliphatic heterocycles. The third-order valence-corrected chi connectivity index (χ3v) is 6.24. The van der Waals surface area contributed by atoms with Gasteiger partial charge in [-0.25, -0.2) is 0 Å². The summed E-state index contributed by atoms with van der Waals surface area (Å²) < 4.78 is 0. The van der Waals surface area contributed by atoms with Gasteiger partial charge in [-0.1, -0.05) is 23.9 Å². The second-order valence-corrected chi connectivity index (χ2v) is 8.25. The van der Waals surface area contributed by atoms with Gasteiger partial charge in [0, 0.05) is 40.0 Å². The predicted molar refractivity (Wildman–Crippen MR) is 103 cm³/mol. The van der Waals surface area contributed by atoms with Crippen LogP contribution in [0.5, 0.6) is 0 Å². The molecule has 0 aliphatic carbocycles. The van der Waals surface area contributed by atoms with E-state index in [2.05, 4.69) is 10.2 Å². The van der Waals surface area contributed by atoms with Gasteiger partial charge < -0.3 is 10.2 Å². The fourth-order valence-electron chi connectivity index (χ4n) is 3.79. The molecule has 4 nitrogen and oxygen atoms in total. The average Bonchev–Trinajstić information content (AvgIpc) is 3.25. The van der Waals surface area contributed by atoms with E-state index in [1.54, 1.807) is 18.7 Å². The number of benzene rings is 2. The van der Waals surface area contributed by atoms with Gasteiger partial charge in [-0.15, -0.1) is 0 Å². The van der Waals surface area contributed by atoms with Gasteiger partial charge in [0.05, 0.1) is 0 Å². The molecular formula is C21H22N2O2S. The number of ketones is 1. The molecule has 0 radical (unpaired) electrons. The van der Waals surface area contributed by atoms with Crippen LogP contribution in [-0.2, 0) is 0 Å². The van der Waals surface area contributed by atoms with Crippen LogP contribution in [0, 0.1) is 5.92 Å². The largest absolute Gasteiger partial charge is 0.348 e. The van der Waals surface area contributed by atoms with E-state index in [1.165, 1.54) is 13.0 Å². The molecule has 2 fully saturated rings. The molecule has 1 amide bonds. The monoisotopic (exact) mass is 366 g/mol. The van der Waals surface area contributed by atoms with E-state index in [0.717, 1.165) is 22.9 Å². The number of carbonyl (C=O) groups is 2. The highest BCUT2D eigenvalue weighted by Crippen LogP contribution is 2.29. The summed E-state index contributed by atoms with van der Waals surface area (Å²) in [5.74, 6) is 0.692. The second kappa shape index (κ2) is 7.25. The summed E-state index contributed by atoms with van der Waals surface area (Å²) in [6.45, 7) is 4.86. The SMILES string of the molecule is CC(=O)c1cccc(Sc2ccc(C(=O)NC3CN4CC[C@H]3C4)cc2)c1. The molecule has 2 saturated heterocycles. The predicted octanol–water partition coefficient (Wildman–Crippen LogP) is 3.47. The molecular weight excluding hydrogens is 344 g/mol. The summed E-state index contributed by atoms with van der Waals surface area (Å²) in [6, 6.07) is 15.6. The van der Waals surface area contributed by atoms with Crippen LogP contribution in [0.3, 0.4) is 0 Å². The van der Waals surface area contributed by atoms with E-state index < -0.39 is 0 Å². The lowest BCUT2D eigenvalue weighted by Crippen LogP contribution is -2.43. The molecule has 26 heavy (non-hydrogen) atoms. The van der Waals surface area contributed by atoms with Gasteiger partial charge in [0.15, 0.2) is 5.78 Å². The van der Waals surface area contributed by atoms with E-state index in [4.69, 9.17) is 0 Å². The lowest BCUT2D eigenvalue weighted by molar-refractivity contribution is 0.0923. The maximum absolute atomic E-state index is 12.5. The molecule has 4 rings (SSSR count). The first kappa shape index (κ1) is 17.3. The zero-order chi connectivity index (χ0) is 18.1. The molecule has 2 heterocycles. The molecule has 0 spiro atoms. The van der Waals surface area contributed by atoms with Crippen LogP contribution in [0.2, 0.25) is 0 Å². The fraction of sp³-hybridized carbons (Fsp3) is 0.333. The highest BCUT2D eigenvalue weighted by molar-refractivity contribution is 7.99. The van der Waals surface area contributed by atoms with Crippen LogP contribution in [0.4, 0.5) is 0 Å². The summed E-state index contributed by atoms with van der Waals surface area (Å²) in [5.41, 5.74) is 1.41. The van der Waals surface area contributed by atoms with Crippen LogP contribution in [0.25, 0.3) is 0 Å². The molecule has 1 N–H and O–H groups in total. The Morgan fingerprint density at radius 2 is 1.85 bits per heavy atom. The van der Waals surface area contributed by atoms with Crippen molar-refractivity contribution in [3.05, 3.63) is 59.7 Å². The van der Waals surface area contributed by atoms with Gasteiger partial charge in [-0.2, -0.15) is 0 Å². The van der Waals surface area contributed by atoms with Crippen molar-refractivity contribution in [2.45, 2.75) is 29.2 Å². The lowest BCUT2D eigenvalue weighted by Gasteiger charge is -2.23. The van der Waals surface area contributed by atoms with E-state index in [0.29, 0.717) is 23.1 Å². The summed E-state index contributed by atoms with van der Waals surface area (Å²) in [5, 5.41) is 3.19. The van der Waals surface area contributed by atoms with Crippen molar-refractivity contribution in [2.24, 2.45) is 5.92 Å². The van der Waals surface area contributed by atoms with Crippen molar-refractivity contribution in [1.29, 1.82) is 0 Å². The highest BCUT2D eigenvalue weighted by atomic mass is 32.2. The van der Waals surface area contributed by atoms with Crippen LogP contribution >= 0.6 is 11.8 Å². The van der Waals surface area contributed by atoms with Gasteiger partial charge in [0.2, 0.25) is 0 Å². The molecule has 134 valence electrons. The molecule has 5 heteroatoms. The Labute approximate surface area is 158 Å². The molecule has 2 unspecified atom stereocenters. The molecule has 2 aliphatic rings.